The first kappa shape index (κ1) is 28.6. The lowest BCUT2D eigenvalue weighted by molar-refractivity contribution is -0.153. The number of phenols is 1. The summed E-state index contributed by atoms with van der Waals surface area (Å²) in [6.07, 6.45) is 2.26. The summed E-state index contributed by atoms with van der Waals surface area (Å²) in [6.45, 7) is 0.698. The molecule has 0 unspecified atom stereocenters. The number of nitrogens with one attached hydrogen (secondary N) is 2. The summed E-state index contributed by atoms with van der Waals surface area (Å²) in [7, 11) is 4.45. The summed E-state index contributed by atoms with van der Waals surface area (Å²) < 4.78 is 5.52. The number of Topliss-reactive ketones (excluding diaryl/α,β-unsaturated/α-hetero) is 2. The number of benzene rings is 1. The fraction of sp³-hybridized carbons (Fsp3) is 0.500. The van der Waals surface area contributed by atoms with Gasteiger partial charge in [0.15, 0.2) is 17.1 Å². The number of aliphatic hydroxyl groups is 3. The second kappa shape index (κ2) is 10.2. The highest BCUT2D eigenvalue weighted by atomic mass is 16.5. The standard InChI is InChI=1S/C28H34N4O9/c1-32(2)21-14-7-12-6-13-16(41-3)8-15(31-17(33)10-30-9-11-4-5-11)22(34)19(13)23(35)18(12)25(37)28(14,40)26(38)20(24(21)36)27(29)39/h8,11-12,14,21,30,34-35,38,40H,4-7,9-10H2,1-3H3,(H2,29,39)(H,31,33)/t12-,14-,21-,28-/m0/s1. The molecule has 4 aliphatic carbocycles. The molecule has 0 spiro atoms. The lowest BCUT2D eigenvalue weighted by Crippen LogP contribution is -2.65. The molecule has 5 rings (SSSR count). The van der Waals surface area contributed by atoms with Crippen LogP contribution in [0.25, 0.3) is 5.76 Å². The number of nitrogens with two attached hydrogens (primary N) is 1. The van der Waals surface area contributed by atoms with Crippen LogP contribution in [0, 0.1) is 17.8 Å². The number of hydrogen-bond acceptors (Lipinski definition) is 11. The van der Waals surface area contributed by atoms with E-state index >= 15 is 0 Å². The minimum absolute atomic E-state index is 0.00301. The van der Waals surface area contributed by atoms with Crippen LogP contribution in [-0.2, 0) is 25.6 Å². The number of primary amides is 1. The summed E-state index contributed by atoms with van der Waals surface area (Å²) in [5.41, 5.74) is 1.59. The van der Waals surface area contributed by atoms with Gasteiger partial charge in [-0.2, -0.15) is 0 Å². The number of amides is 2. The smallest absolute Gasteiger partial charge is 0.255 e. The average molecular weight is 571 g/mol. The number of anilines is 1. The van der Waals surface area contributed by atoms with Gasteiger partial charge in [0.2, 0.25) is 11.7 Å². The first-order valence-electron chi connectivity index (χ1n) is 13.4. The summed E-state index contributed by atoms with van der Waals surface area (Å²) in [6, 6.07) is 0.251. The number of ether oxygens (including phenoxy) is 1. The molecule has 41 heavy (non-hydrogen) atoms. The molecule has 220 valence electrons. The summed E-state index contributed by atoms with van der Waals surface area (Å²) in [5.74, 6) is -7.13. The minimum Gasteiger partial charge on any atom is -0.508 e. The van der Waals surface area contributed by atoms with Crippen LogP contribution in [-0.4, -0.2) is 94.6 Å². The van der Waals surface area contributed by atoms with E-state index < -0.39 is 69.7 Å². The van der Waals surface area contributed by atoms with Gasteiger partial charge in [-0.05, 0) is 58.2 Å². The molecule has 4 aliphatic rings. The number of aromatic hydroxyl groups is 1. The van der Waals surface area contributed by atoms with Crippen LogP contribution in [0.4, 0.5) is 5.69 Å². The van der Waals surface area contributed by atoms with Crippen molar-refractivity contribution in [1.29, 1.82) is 0 Å². The second-order valence-electron chi connectivity index (χ2n) is 11.4. The SMILES string of the molecule is COc1cc(NC(=O)CNCC2CC2)c(O)c2c1C[C@H]1C[C@H]3[C@H](N(C)C)C(=O)C(C(N)=O)=C(O)[C@@]3(O)C(=O)C1=C2O. The Kier molecular flexibility index (Phi) is 7.08. The predicted molar refractivity (Wildman–Crippen MR) is 145 cm³/mol. The average Bonchev–Trinajstić information content (AvgIpc) is 3.72. The van der Waals surface area contributed by atoms with Gasteiger partial charge in [0.1, 0.15) is 22.8 Å². The summed E-state index contributed by atoms with van der Waals surface area (Å²) in [5, 5.41) is 50.9. The first-order chi connectivity index (χ1) is 19.3. The van der Waals surface area contributed by atoms with Crippen LogP contribution in [0.1, 0.15) is 30.4 Å². The third kappa shape index (κ3) is 4.44. The van der Waals surface area contributed by atoms with Gasteiger partial charge in [0.05, 0.1) is 30.9 Å². The zero-order valence-corrected chi connectivity index (χ0v) is 23.0. The molecule has 1 aromatic rings. The minimum atomic E-state index is -2.73. The molecule has 0 radical (unpaired) electrons. The Balaban J connectivity index is 1.59. The molecule has 8 N–H and O–H groups in total. The van der Waals surface area contributed by atoms with Crippen LogP contribution < -0.4 is 21.1 Å². The van der Waals surface area contributed by atoms with Gasteiger partial charge in [-0.3, -0.25) is 24.1 Å². The molecule has 13 heteroatoms. The van der Waals surface area contributed by atoms with Crippen molar-refractivity contribution in [3.63, 3.8) is 0 Å². The van der Waals surface area contributed by atoms with Crippen molar-refractivity contribution in [3.8, 4) is 11.5 Å². The maximum atomic E-state index is 14.0. The van der Waals surface area contributed by atoms with Crippen molar-refractivity contribution in [2.24, 2.45) is 23.5 Å². The number of hydrogen-bond donors (Lipinski definition) is 7. The highest BCUT2D eigenvalue weighted by Crippen LogP contribution is 2.54. The molecule has 13 nitrogen and oxygen atoms in total. The number of aliphatic hydroxyl groups excluding tert-OH is 2. The third-order valence-electron chi connectivity index (χ3n) is 8.59. The summed E-state index contributed by atoms with van der Waals surface area (Å²) >= 11 is 0. The van der Waals surface area contributed by atoms with Crippen LogP contribution in [0.15, 0.2) is 23.0 Å². The molecule has 0 bridgehead atoms. The van der Waals surface area contributed by atoms with E-state index in [2.05, 4.69) is 10.6 Å². The quantitative estimate of drug-likeness (QED) is 0.162. The Bertz CT molecular complexity index is 1430. The molecule has 1 aromatic carbocycles. The van der Waals surface area contributed by atoms with Gasteiger partial charge in [-0.1, -0.05) is 0 Å². The van der Waals surface area contributed by atoms with E-state index in [1.165, 1.54) is 32.2 Å². The Hall–Kier alpha value is -3.94. The number of methoxy groups -OCH3 is 1. The van der Waals surface area contributed by atoms with Crippen molar-refractivity contribution in [1.82, 2.24) is 10.2 Å². The van der Waals surface area contributed by atoms with Gasteiger partial charge in [-0.15, -0.1) is 0 Å². The van der Waals surface area contributed by atoms with E-state index in [0.717, 1.165) is 12.8 Å². The molecule has 0 aliphatic heterocycles. The van der Waals surface area contributed by atoms with Gasteiger partial charge in [0, 0.05) is 23.1 Å². The fourth-order valence-corrected chi connectivity index (χ4v) is 6.46. The number of nitrogens with zero attached hydrogens (tertiary/aromatic N) is 1. The van der Waals surface area contributed by atoms with E-state index in [9.17, 15) is 39.6 Å². The van der Waals surface area contributed by atoms with Crippen LogP contribution in [0.3, 0.4) is 0 Å². The monoisotopic (exact) mass is 570 g/mol. The highest BCUT2D eigenvalue weighted by Gasteiger charge is 2.64. The Morgan fingerprint density at radius 3 is 2.46 bits per heavy atom. The van der Waals surface area contributed by atoms with Crippen molar-refractivity contribution in [3.05, 3.63) is 34.1 Å². The zero-order valence-electron chi connectivity index (χ0n) is 23.0. The topological polar surface area (TPSA) is 212 Å². The van der Waals surface area contributed by atoms with Crippen molar-refractivity contribution in [2.45, 2.75) is 37.3 Å². The lowest BCUT2D eigenvalue weighted by atomic mass is 9.57. The number of ketones is 2. The zero-order chi connectivity index (χ0) is 30.0. The largest absolute Gasteiger partial charge is 0.508 e. The van der Waals surface area contributed by atoms with Crippen molar-refractivity contribution >= 4 is 34.8 Å². The van der Waals surface area contributed by atoms with E-state index in [1.54, 1.807) is 0 Å². The van der Waals surface area contributed by atoms with Crippen LogP contribution in [0.2, 0.25) is 0 Å². The molecule has 2 saturated carbocycles. The van der Waals surface area contributed by atoms with Crippen molar-refractivity contribution in [2.75, 3.05) is 39.6 Å². The molecule has 2 fully saturated rings. The number of carbonyl (C=O) groups is 4. The third-order valence-corrected chi connectivity index (χ3v) is 8.59. The molecule has 0 aromatic heterocycles. The maximum absolute atomic E-state index is 14.0. The maximum Gasteiger partial charge on any atom is 0.255 e. The fourth-order valence-electron chi connectivity index (χ4n) is 6.46. The Labute approximate surface area is 235 Å². The molecule has 0 saturated heterocycles. The molecule has 2 amide bonds. The first-order valence-corrected chi connectivity index (χ1v) is 13.4. The van der Waals surface area contributed by atoms with Gasteiger partial charge in [0.25, 0.3) is 5.91 Å². The van der Waals surface area contributed by atoms with E-state index in [4.69, 9.17) is 10.5 Å². The number of carbonyl (C=O) groups excluding carboxylic acids is 4. The van der Waals surface area contributed by atoms with E-state index in [0.29, 0.717) is 18.0 Å². The molecule has 0 heterocycles. The molecule has 4 atom stereocenters. The number of rotatable bonds is 8. The number of fused-ring (bicyclic) bond motifs is 3. The number of likely N-dealkylation sites (N-methyl/N-ethyl adjacent to an activating group) is 1. The van der Waals surface area contributed by atoms with Crippen molar-refractivity contribution < 1.29 is 44.3 Å². The van der Waals surface area contributed by atoms with E-state index in [1.807, 2.05) is 0 Å². The highest BCUT2D eigenvalue weighted by molar-refractivity contribution is 6.24. The molecular formula is C28H34N4O9. The van der Waals surface area contributed by atoms with Crippen LogP contribution in [0.5, 0.6) is 11.5 Å². The number of phenolic OH excluding ortho intramolecular Hbond substituents is 1. The Morgan fingerprint density at radius 2 is 1.88 bits per heavy atom. The normalized spacial score (nSPS) is 27.4. The van der Waals surface area contributed by atoms with Gasteiger partial charge in [-0.25, -0.2) is 0 Å². The van der Waals surface area contributed by atoms with Gasteiger partial charge >= 0.3 is 0 Å². The second-order valence-corrected chi connectivity index (χ2v) is 11.4. The van der Waals surface area contributed by atoms with Gasteiger partial charge < -0.3 is 41.5 Å². The molecular weight excluding hydrogens is 536 g/mol. The predicted octanol–water partition coefficient (Wildman–Crippen LogP) is -0.0893. The Morgan fingerprint density at radius 1 is 1.20 bits per heavy atom. The van der Waals surface area contributed by atoms with Crippen LogP contribution >= 0.6 is 0 Å². The van der Waals surface area contributed by atoms with E-state index in [-0.39, 0.29) is 42.0 Å². The summed E-state index contributed by atoms with van der Waals surface area (Å²) in [4.78, 5) is 53.2. The lowest BCUT2D eigenvalue weighted by Gasteiger charge is -2.50.